The molecule has 0 radical (unpaired) electrons. The van der Waals surface area contributed by atoms with E-state index >= 15 is 0 Å². The topological polar surface area (TPSA) is 45.0 Å². The summed E-state index contributed by atoms with van der Waals surface area (Å²) in [5.41, 5.74) is 0.0846. The number of rotatable bonds is 1. The molecule has 1 aliphatic heterocycles. The van der Waals surface area contributed by atoms with E-state index in [9.17, 15) is 18.0 Å². The number of nitrogens with zero attached hydrogens (tertiary/aromatic N) is 3. The first-order valence-electron chi connectivity index (χ1n) is 4.14. The lowest BCUT2D eigenvalue weighted by Gasteiger charge is -2.24. The minimum atomic E-state index is -4.62. The number of allylic oxidation sites excluding steroid dienone is 2. The van der Waals surface area contributed by atoms with Gasteiger partial charge in [-0.3, -0.25) is 9.79 Å². The minimum absolute atomic E-state index is 0.0671. The Labute approximate surface area is 89.5 Å². The Hall–Kier alpha value is -1.92. The second kappa shape index (κ2) is 4.30. The maximum atomic E-state index is 12.5. The molecule has 0 saturated carbocycles. The van der Waals surface area contributed by atoms with Gasteiger partial charge in [0.25, 0.3) is 0 Å². The summed E-state index contributed by atoms with van der Waals surface area (Å²) >= 11 is 0. The summed E-state index contributed by atoms with van der Waals surface area (Å²) in [4.78, 5) is 13.5. The molecule has 0 atom stereocenters. The predicted octanol–water partition coefficient (Wildman–Crippen LogP) is 1.52. The van der Waals surface area contributed by atoms with E-state index in [0.717, 1.165) is 13.3 Å². The largest absolute Gasteiger partial charge is 0.451 e. The Bertz CT molecular complexity index is 407. The van der Waals surface area contributed by atoms with E-state index in [2.05, 4.69) is 16.7 Å². The van der Waals surface area contributed by atoms with Crippen LogP contribution in [0.15, 0.2) is 34.0 Å². The van der Waals surface area contributed by atoms with Gasteiger partial charge in [0.2, 0.25) is 5.84 Å². The number of alkyl halides is 3. The minimum Gasteiger partial charge on any atom is -0.298 e. The first kappa shape index (κ1) is 12.2. The van der Waals surface area contributed by atoms with E-state index in [1.807, 2.05) is 0 Å². The SMILES string of the molecule is C=C1C=C(C=O)C=NN1C(=NC)C(F)(F)F. The Balaban J connectivity index is 3.03. The number of aldehydes is 1. The Morgan fingerprint density at radius 2 is 2.25 bits per heavy atom. The molecule has 1 rings (SSSR count). The lowest BCUT2D eigenvalue weighted by Crippen LogP contribution is -2.38. The van der Waals surface area contributed by atoms with Gasteiger partial charge in [0.1, 0.15) is 0 Å². The molecule has 16 heavy (non-hydrogen) atoms. The number of amidine groups is 1. The average molecular weight is 231 g/mol. The highest BCUT2D eigenvalue weighted by molar-refractivity contribution is 6.04. The molecule has 0 amide bonds. The molecule has 7 heteroatoms. The zero-order valence-corrected chi connectivity index (χ0v) is 8.32. The van der Waals surface area contributed by atoms with Crippen LogP contribution in [0.5, 0.6) is 0 Å². The number of hydrogen-bond acceptors (Lipinski definition) is 3. The van der Waals surface area contributed by atoms with E-state index in [0.29, 0.717) is 11.3 Å². The van der Waals surface area contributed by atoms with Gasteiger partial charge in [-0.1, -0.05) is 6.58 Å². The predicted molar refractivity (Wildman–Crippen MR) is 53.0 cm³/mol. The van der Waals surface area contributed by atoms with Crippen LogP contribution in [0.3, 0.4) is 0 Å². The van der Waals surface area contributed by atoms with Crippen LogP contribution < -0.4 is 0 Å². The fourth-order valence-electron chi connectivity index (χ4n) is 1.09. The lowest BCUT2D eigenvalue weighted by molar-refractivity contribution is -0.104. The van der Waals surface area contributed by atoms with Gasteiger partial charge in [0, 0.05) is 12.6 Å². The van der Waals surface area contributed by atoms with Crippen molar-refractivity contribution >= 4 is 18.3 Å². The molecule has 86 valence electrons. The molecule has 0 fully saturated rings. The van der Waals surface area contributed by atoms with Gasteiger partial charge in [-0.05, 0) is 6.08 Å². The molecule has 1 aliphatic rings. The number of halogens is 3. The van der Waals surface area contributed by atoms with Crippen molar-refractivity contribution in [2.45, 2.75) is 6.18 Å². The maximum absolute atomic E-state index is 12.5. The highest BCUT2D eigenvalue weighted by Gasteiger charge is 2.40. The third-order valence-corrected chi connectivity index (χ3v) is 1.73. The molecule has 1 heterocycles. The van der Waals surface area contributed by atoms with Crippen molar-refractivity contribution in [1.29, 1.82) is 0 Å². The summed E-state index contributed by atoms with van der Waals surface area (Å²) < 4.78 is 37.4. The summed E-state index contributed by atoms with van der Waals surface area (Å²) in [5, 5.41) is 3.99. The molecular weight excluding hydrogens is 223 g/mol. The van der Waals surface area contributed by atoms with Crippen LogP contribution in [0.4, 0.5) is 13.2 Å². The van der Waals surface area contributed by atoms with Crippen LogP contribution >= 0.6 is 0 Å². The van der Waals surface area contributed by atoms with Crippen molar-refractivity contribution in [2.75, 3.05) is 7.05 Å². The fraction of sp³-hybridized carbons (Fsp3) is 0.222. The molecule has 0 bridgehead atoms. The van der Waals surface area contributed by atoms with Crippen LogP contribution in [0, 0.1) is 0 Å². The number of hydrogen-bond donors (Lipinski definition) is 0. The molecule has 0 aromatic heterocycles. The molecule has 0 aliphatic carbocycles. The molecule has 0 spiro atoms. The maximum Gasteiger partial charge on any atom is 0.451 e. The van der Waals surface area contributed by atoms with Gasteiger partial charge in [-0.15, -0.1) is 0 Å². The molecule has 0 aromatic carbocycles. The average Bonchev–Trinajstić information content (AvgIpc) is 2.19. The van der Waals surface area contributed by atoms with E-state index in [1.165, 1.54) is 6.08 Å². The normalized spacial score (nSPS) is 17.5. The zero-order chi connectivity index (χ0) is 12.3. The van der Waals surface area contributed by atoms with E-state index < -0.39 is 12.0 Å². The quantitative estimate of drug-likeness (QED) is 0.390. The van der Waals surface area contributed by atoms with Gasteiger partial charge in [0.15, 0.2) is 6.29 Å². The Morgan fingerprint density at radius 3 is 2.62 bits per heavy atom. The monoisotopic (exact) mass is 231 g/mol. The van der Waals surface area contributed by atoms with Crippen molar-refractivity contribution in [3.8, 4) is 0 Å². The first-order chi connectivity index (χ1) is 7.40. The molecule has 0 aromatic rings. The van der Waals surface area contributed by atoms with E-state index in [1.54, 1.807) is 0 Å². The number of hydrazone groups is 1. The van der Waals surface area contributed by atoms with Crippen LogP contribution in [0.2, 0.25) is 0 Å². The van der Waals surface area contributed by atoms with Crippen molar-refractivity contribution in [3.63, 3.8) is 0 Å². The Morgan fingerprint density at radius 1 is 1.62 bits per heavy atom. The lowest BCUT2D eigenvalue weighted by atomic mass is 10.2. The van der Waals surface area contributed by atoms with Gasteiger partial charge in [-0.2, -0.15) is 18.3 Å². The van der Waals surface area contributed by atoms with Crippen molar-refractivity contribution < 1.29 is 18.0 Å². The van der Waals surface area contributed by atoms with Crippen LogP contribution in [-0.2, 0) is 4.79 Å². The molecule has 0 unspecified atom stereocenters. The molecular formula is C9H8F3N3O. The van der Waals surface area contributed by atoms with Gasteiger partial charge in [0.05, 0.1) is 11.9 Å². The van der Waals surface area contributed by atoms with Gasteiger partial charge < -0.3 is 0 Å². The molecule has 0 saturated heterocycles. The summed E-state index contributed by atoms with van der Waals surface area (Å²) in [5.74, 6) is -1.19. The standard InChI is InChI=1S/C9H8F3N3O/c1-6-3-7(5-16)4-14-15(6)8(13-2)9(10,11)12/h3-5H,1H2,2H3. The third kappa shape index (κ3) is 2.36. The third-order valence-electron chi connectivity index (χ3n) is 1.73. The van der Waals surface area contributed by atoms with Crippen LogP contribution in [0.25, 0.3) is 0 Å². The summed E-state index contributed by atoms with van der Waals surface area (Å²) in [6.45, 7) is 3.37. The summed E-state index contributed by atoms with van der Waals surface area (Å²) in [6.07, 6.45) is -1.94. The molecule has 0 N–H and O–H groups in total. The van der Waals surface area contributed by atoms with E-state index in [-0.39, 0.29) is 11.3 Å². The van der Waals surface area contributed by atoms with Crippen molar-refractivity contribution in [3.05, 3.63) is 23.9 Å². The van der Waals surface area contributed by atoms with Crippen LogP contribution in [-0.4, -0.2) is 36.6 Å². The first-order valence-corrected chi connectivity index (χ1v) is 4.14. The Kier molecular flexibility index (Phi) is 3.26. The highest BCUT2D eigenvalue weighted by atomic mass is 19.4. The number of aliphatic imine (C=N–C) groups is 1. The number of carbonyl (C=O) groups is 1. The second-order valence-corrected chi connectivity index (χ2v) is 2.85. The second-order valence-electron chi connectivity index (χ2n) is 2.85. The summed E-state index contributed by atoms with van der Waals surface area (Å²) in [6, 6.07) is 0. The number of carbonyl (C=O) groups excluding carboxylic acids is 1. The van der Waals surface area contributed by atoms with Crippen molar-refractivity contribution in [2.24, 2.45) is 10.1 Å². The smallest absolute Gasteiger partial charge is 0.298 e. The van der Waals surface area contributed by atoms with E-state index in [4.69, 9.17) is 0 Å². The van der Waals surface area contributed by atoms with Gasteiger partial charge in [-0.25, -0.2) is 5.01 Å². The van der Waals surface area contributed by atoms with Crippen molar-refractivity contribution in [1.82, 2.24) is 5.01 Å². The molecule has 4 nitrogen and oxygen atoms in total. The van der Waals surface area contributed by atoms with Gasteiger partial charge >= 0.3 is 6.18 Å². The fourth-order valence-corrected chi connectivity index (χ4v) is 1.09. The highest BCUT2D eigenvalue weighted by Crippen LogP contribution is 2.24. The van der Waals surface area contributed by atoms with Crippen LogP contribution in [0.1, 0.15) is 0 Å². The summed E-state index contributed by atoms with van der Waals surface area (Å²) in [7, 11) is 1.00. The zero-order valence-electron chi connectivity index (χ0n) is 8.32.